The van der Waals surface area contributed by atoms with E-state index in [0.717, 1.165) is 22.6 Å². The molecule has 0 aliphatic carbocycles. The summed E-state index contributed by atoms with van der Waals surface area (Å²) in [6.07, 6.45) is 1.70. The molecule has 0 amide bonds. The van der Waals surface area contributed by atoms with E-state index in [-0.39, 0.29) is 0 Å². The number of aryl methyl sites for hydroxylation is 1. The van der Waals surface area contributed by atoms with Gasteiger partial charge in [-0.3, -0.25) is 5.43 Å². The lowest BCUT2D eigenvalue weighted by Gasteiger charge is -2.09. The molecule has 136 valence electrons. The molecule has 0 spiro atoms. The largest absolute Gasteiger partial charge is 0.488 e. The van der Waals surface area contributed by atoms with Crippen LogP contribution in [-0.4, -0.2) is 11.3 Å². The minimum atomic E-state index is 0.429. The Hall–Kier alpha value is -3.18. The Bertz CT molecular complexity index is 908. The van der Waals surface area contributed by atoms with Crippen LogP contribution in [0.25, 0.3) is 0 Å². The van der Waals surface area contributed by atoms with E-state index < -0.39 is 0 Å². The second kappa shape index (κ2) is 9.50. The van der Waals surface area contributed by atoms with Gasteiger partial charge >= 0.3 is 0 Å². The van der Waals surface area contributed by atoms with Crippen molar-refractivity contribution >= 4 is 29.2 Å². The van der Waals surface area contributed by atoms with Crippen molar-refractivity contribution in [1.82, 2.24) is 5.43 Å². The topological polar surface area (TPSA) is 45.7 Å². The summed E-state index contributed by atoms with van der Waals surface area (Å²) in [5.41, 5.74) is 6.94. The lowest BCUT2D eigenvalue weighted by Crippen LogP contribution is -2.23. The highest BCUT2D eigenvalue weighted by molar-refractivity contribution is 7.80. The van der Waals surface area contributed by atoms with Crippen molar-refractivity contribution in [1.29, 1.82) is 0 Å². The molecule has 0 atom stereocenters. The van der Waals surface area contributed by atoms with Gasteiger partial charge in [-0.05, 0) is 49.0 Å². The molecular weight excluding hydrogens is 354 g/mol. The van der Waals surface area contributed by atoms with E-state index in [0.29, 0.717) is 11.7 Å². The molecule has 0 aliphatic heterocycles. The second-order valence-electron chi connectivity index (χ2n) is 6.00. The zero-order valence-corrected chi connectivity index (χ0v) is 15.9. The van der Waals surface area contributed by atoms with E-state index in [1.807, 2.05) is 85.8 Å². The normalized spacial score (nSPS) is 10.6. The Morgan fingerprint density at radius 3 is 2.44 bits per heavy atom. The van der Waals surface area contributed by atoms with Crippen LogP contribution in [-0.2, 0) is 6.61 Å². The first-order chi connectivity index (χ1) is 13.2. The van der Waals surface area contributed by atoms with Crippen LogP contribution < -0.4 is 15.5 Å². The number of thiocarbonyl (C=S) groups is 1. The summed E-state index contributed by atoms with van der Waals surface area (Å²) in [6, 6.07) is 25.8. The van der Waals surface area contributed by atoms with Crippen molar-refractivity contribution in [3.05, 3.63) is 95.6 Å². The van der Waals surface area contributed by atoms with E-state index in [9.17, 15) is 0 Å². The van der Waals surface area contributed by atoms with Crippen LogP contribution >= 0.6 is 12.2 Å². The van der Waals surface area contributed by atoms with Gasteiger partial charge in [-0.25, -0.2) is 0 Å². The third kappa shape index (κ3) is 5.94. The number of ether oxygens (including phenoxy) is 1. The van der Waals surface area contributed by atoms with E-state index in [2.05, 4.69) is 15.8 Å². The molecule has 0 saturated carbocycles. The molecule has 0 heterocycles. The number of hydrazone groups is 1. The molecule has 5 heteroatoms. The second-order valence-corrected chi connectivity index (χ2v) is 6.41. The Morgan fingerprint density at radius 2 is 1.67 bits per heavy atom. The smallest absolute Gasteiger partial charge is 0.191 e. The summed E-state index contributed by atoms with van der Waals surface area (Å²) >= 11 is 5.26. The van der Waals surface area contributed by atoms with Gasteiger partial charge in [0.15, 0.2) is 5.11 Å². The third-order valence-electron chi connectivity index (χ3n) is 3.84. The summed E-state index contributed by atoms with van der Waals surface area (Å²) in [5, 5.41) is 7.73. The average molecular weight is 375 g/mol. The highest BCUT2D eigenvalue weighted by Crippen LogP contribution is 2.17. The maximum atomic E-state index is 5.92. The van der Waals surface area contributed by atoms with Gasteiger partial charge in [0, 0.05) is 11.3 Å². The predicted octanol–water partition coefficient (Wildman–Crippen LogP) is 4.89. The van der Waals surface area contributed by atoms with Crippen molar-refractivity contribution in [3.63, 3.8) is 0 Å². The number of rotatable bonds is 6. The Labute approximate surface area is 164 Å². The molecule has 0 radical (unpaired) electrons. The molecular formula is C22H21N3OS. The first-order valence-corrected chi connectivity index (χ1v) is 9.04. The van der Waals surface area contributed by atoms with Crippen LogP contribution in [0, 0.1) is 6.92 Å². The molecule has 3 aromatic rings. The maximum absolute atomic E-state index is 5.92. The summed E-state index contributed by atoms with van der Waals surface area (Å²) in [5.74, 6) is 0.768. The fourth-order valence-corrected chi connectivity index (χ4v) is 2.58. The van der Waals surface area contributed by atoms with E-state index in [1.165, 1.54) is 5.56 Å². The van der Waals surface area contributed by atoms with Crippen LogP contribution in [0.4, 0.5) is 5.69 Å². The molecule has 0 saturated heterocycles. The minimum absolute atomic E-state index is 0.429. The van der Waals surface area contributed by atoms with Gasteiger partial charge in [-0.1, -0.05) is 60.2 Å². The van der Waals surface area contributed by atoms with Gasteiger partial charge in [0.25, 0.3) is 0 Å². The van der Waals surface area contributed by atoms with Gasteiger partial charge in [0.05, 0.1) is 6.21 Å². The fourth-order valence-electron chi connectivity index (χ4n) is 2.41. The van der Waals surface area contributed by atoms with Crippen LogP contribution in [0.5, 0.6) is 5.75 Å². The summed E-state index contributed by atoms with van der Waals surface area (Å²) in [4.78, 5) is 0. The lowest BCUT2D eigenvalue weighted by atomic mass is 10.2. The van der Waals surface area contributed by atoms with E-state index in [1.54, 1.807) is 6.21 Å². The van der Waals surface area contributed by atoms with Gasteiger partial charge in [0.1, 0.15) is 12.4 Å². The lowest BCUT2D eigenvalue weighted by molar-refractivity contribution is 0.306. The Morgan fingerprint density at radius 1 is 0.963 bits per heavy atom. The number of para-hydroxylation sites is 1. The number of benzene rings is 3. The monoisotopic (exact) mass is 375 g/mol. The molecule has 3 aromatic carbocycles. The summed E-state index contributed by atoms with van der Waals surface area (Å²) in [7, 11) is 0. The molecule has 0 unspecified atom stereocenters. The highest BCUT2D eigenvalue weighted by atomic mass is 32.1. The summed E-state index contributed by atoms with van der Waals surface area (Å²) < 4.78 is 5.92. The van der Waals surface area contributed by atoms with Gasteiger partial charge in [0.2, 0.25) is 0 Å². The number of nitrogens with zero attached hydrogens (tertiary/aromatic N) is 1. The fraction of sp³-hybridized carbons (Fsp3) is 0.0909. The zero-order chi connectivity index (χ0) is 18.9. The molecule has 3 rings (SSSR count). The number of nitrogens with one attached hydrogen (secondary N) is 2. The molecule has 0 aromatic heterocycles. The quantitative estimate of drug-likeness (QED) is 0.366. The van der Waals surface area contributed by atoms with Gasteiger partial charge < -0.3 is 10.1 Å². The van der Waals surface area contributed by atoms with E-state index >= 15 is 0 Å². The van der Waals surface area contributed by atoms with Crippen molar-refractivity contribution in [2.45, 2.75) is 13.5 Å². The average Bonchev–Trinajstić information content (AvgIpc) is 2.70. The molecule has 0 aliphatic rings. The SMILES string of the molecule is Cc1ccc(NC(=S)N/N=C/c2ccccc2OCc2ccccc2)cc1. The van der Waals surface area contributed by atoms with Crippen molar-refractivity contribution in [2.75, 3.05) is 5.32 Å². The molecule has 0 bridgehead atoms. The Balaban J connectivity index is 1.56. The maximum Gasteiger partial charge on any atom is 0.191 e. The molecule has 2 N–H and O–H groups in total. The van der Waals surface area contributed by atoms with Crippen LogP contribution in [0.3, 0.4) is 0 Å². The highest BCUT2D eigenvalue weighted by Gasteiger charge is 2.02. The minimum Gasteiger partial charge on any atom is -0.488 e. The van der Waals surface area contributed by atoms with Crippen LogP contribution in [0.1, 0.15) is 16.7 Å². The van der Waals surface area contributed by atoms with Crippen LogP contribution in [0.15, 0.2) is 84.0 Å². The number of hydrogen-bond acceptors (Lipinski definition) is 3. The zero-order valence-electron chi connectivity index (χ0n) is 15.1. The molecule has 0 fully saturated rings. The number of hydrogen-bond donors (Lipinski definition) is 2. The van der Waals surface area contributed by atoms with Crippen molar-refractivity contribution in [2.24, 2.45) is 5.10 Å². The predicted molar refractivity (Wildman–Crippen MR) is 115 cm³/mol. The molecule has 27 heavy (non-hydrogen) atoms. The molecule has 4 nitrogen and oxygen atoms in total. The Kier molecular flexibility index (Phi) is 6.55. The van der Waals surface area contributed by atoms with Crippen molar-refractivity contribution < 1.29 is 4.74 Å². The van der Waals surface area contributed by atoms with Gasteiger partial charge in [-0.15, -0.1) is 0 Å². The van der Waals surface area contributed by atoms with Crippen LogP contribution in [0.2, 0.25) is 0 Å². The summed E-state index contributed by atoms with van der Waals surface area (Å²) in [6.45, 7) is 2.55. The first-order valence-electron chi connectivity index (χ1n) is 8.63. The standard InChI is InChI=1S/C22H21N3OS/c1-17-11-13-20(14-12-17)24-22(27)25-23-15-19-9-5-6-10-21(19)26-16-18-7-3-2-4-8-18/h2-15H,16H2,1H3,(H2,24,25,27)/b23-15+. The van der Waals surface area contributed by atoms with Gasteiger partial charge in [-0.2, -0.15) is 5.10 Å². The third-order valence-corrected chi connectivity index (χ3v) is 4.03. The first kappa shape index (κ1) is 18.6. The van der Waals surface area contributed by atoms with E-state index in [4.69, 9.17) is 17.0 Å². The van der Waals surface area contributed by atoms with Crippen molar-refractivity contribution in [3.8, 4) is 5.75 Å². The number of anilines is 1.